The fourth-order valence-corrected chi connectivity index (χ4v) is 1.49. The van der Waals surface area contributed by atoms with Gasteiger partial charge in [-0.05, 0) is 33.5 Å². The van der Waals surface area contributed by atoms with Crippen molar-refractivity contribution in [2.75, 3.05) is 5.32 Å². The Kier molecular flexibility index (Phi) is 3.85. The maximum Gasteiger partial charge on any atom is 0.226 e. The molecule has 0 saturated heterocycles. The third-order valence-electron chi connectivity index (χ3n) is 1.67. The van der Waals surface area contributed by atoms with Crippen molar-refractivity contribution in [3.05, 3.63) is 22.8 Å². The zero-order valence-electron chi connectivity index (χ0n) is 9.17. The van der Waals surface area contributed by atoms with Gasteiger partial charge in [0.25, 0.3) is 0 Å². The fourth-order valence-electron chi connectivity index (χ4n) is 1.15. The Morgan fingerprint density at radius 3 is 2.67 bits per heavy atom. The summed E-state index contributed by atoms with van der Waals surface area (Å²) in [5, 5.41) is 2.76. The largest absolute Gasteiger partial charge is 0.311 e. The van der Waals surface area contributed by atoms with Crippen LogP contribution in [0.25, 0.3) is 0 Å². The quantitative estimate of drug-likeness (QED) is 0.839. The fraction of sp³-hybridized carbons (Fsp3) is 0.455. The van der Waals surface area contributed by atoms with Crippen molar-refractivity contribution in [2.45, 2.75) is 27.2 Å². The van der Waals surface area contributed by atoms with Gasteiger partial charge >= 0.3 is 0 Å². The monoisotopic (exact) mass is 270 g/mol. The van der Waals surface area contributed by atoms with Gasteiger partial charge in [0.1, 0.15) is 10.4 Å². The molecular weight excluding hydrogens is 256 g/mol. The first-order valence-electron chi connectivity index (χ1n) is 4.79. The highest BCUT2D eigenvalue weighted by atomic mass is 79.9. The summed E-state index contributed by atoms with van der Waals surface area (Å²) in [5.41, 5.74) is -0.00387. The van der Waals surface area contributed by atoms with Crippen LogP contribution in [-0.4, -0.2) is 10.9 Å². The van der Waals surface area contributed by atoms with Gasteiger partial charge in [0.05, 0.1) is 0 Å². The minimum Gasteiger partial charge on any atom is -0.311 e. The lowest BCUT2D eigenvalue weighted by molar-refractivity contribution is -0.117. The summed E-state index contributed by atoms with van der Waals surface area (Å²) >= 11 is 3.25. The molecule has 0 aromatic carbocycles. The second-order valence-electron chi connectivity index (χ2n) is 4.63. The first kappa shape index (κ1) is 12.2. The summed E-state index contributed by atoms with van der Waals surface area (Å²) in [6.45, 7) is 6.09. The van der Waals surface area contributed by atoms with Gasteiger partial charge in [-0.3, -0.25) is 4.79 Å². The molecule has 82 valence electrons. The minimum absolute atomic E-state index is 0.00387. The molecule has 0 spiro atoms. The van der Waals surface area contributed by atoms with E-state index in [9.17, 15) is 4.79 Å². The molecule has 0 aliphatic heterocycles. The second kappa shape index (κ2) is 4.75. The van der Waals surface area contributed by atoms with Crippen LogP contribution in [0.4, 0.5) is 5.82 Å². The molecule has 0 radical (unpaired) electrons. The topological polar surface area (TPSA) is 42.0 Å². The number of anilines is 1. The first-order chi connectivity index (χ1) is 6.87. The molecule has 15 heavy (non-hydrogen) atoms. The zero-order valence-corrected chi connectivity index (χ0v) is 10.8. The van der Waals surface area contributed by atoms with Crippen LogP contribution in [0.5, 0.6) is 0 Å². The predicted octanol–water partition coefficient (Wildman–Crippen LogP) is 3.22. The van der Waals surface area contributed by atoms with Crippen LogP contribution in [-0.2, 0) is 4.79 Å². The lowest BCUT2D eigenvalue weighted by Gasteiger charge is -2.16. The van der Waals surface area contributed by atoms with Crippen LogP contribution < -0.4 is 5.32 Å². The number of amides is 1. The number of carbonyl (C=O) groups excluding carboxylic acids is 1. The van der Waals surface area contributed by atoms with Crippen LogP contribution in [0, 0.1) is 5.41 Å². The van der Waals surface area contributed by atoms with Crippen molar-refractivity contribution in [2.24, 2.45) is 5.41 Å². The Labute approximate surface area is 98.4 Å². The molecule has 1 aromatic rings. The van der Waals surface area contributed by atoms with Gasteiger partial charge in [-0.1, -0.05) is 26.8 Å². The number of hydrogen-bond donors (Lipinski definition) is 1. The average Bonchev–Trinajstić information content (AvgIpc) is 1.99. The van der Waals surface area contributed by atoms with E-state index >= 15 is 0 Å². The normalized spacial score (nSPS) is 11.2. The summed E-state index contributed by atoms with van der Waals surface area (Å²) in [6, 6.07) is 5.43. The number of pyridine rings is 1. The molecule has 0 bridgehead atoms. The zero-order chi connectivity index (χ0) is 11.5. The molecule has 4 heteroatoms. The highest BCUT2D eigenvalue weighted by Gasteiger charge is 2.16. The molecule has 1 aromatic heterocycles. The maximum absolute atomic E-state index is 11.6. The highest BCUT2D eigenvalue weighted by Crippen LogP contribution is 2.19. The number of aromatic nitrogens is 1. The summed E-state index contributed by atoms with van der Waals surface area (Å²) in [6.07, 6.45) is 0.487. The summed E-state index contributed by atoms with van der Waals surface area (Å²) in [5.74, 6) is 0.576. The van der Waals surface area contributed by atoms with E-state index in [1.54, 1.807) is 6.07 Å². The first-order valence-corrected chi connectivity index (χ1v) is 5.58. The van der Waals surface area contributed by atoms with Crippen molar-refractivity contribution in [3.8, 4) is 0 Å². The van der Waals surface area contributed by atoms with E-state index in [0.717, 1.165) is 4.60 Å². The SMILES string of the molecule is CC(C)(C)CC(=O)Nc1cccc(Br)n1. The Hall–Kier alpha value is -0.900. The Morgan fingerprint density at radius 2 is 2.13 bits per heavy atom. The molecule has 0 unspecified atom stereocenters. The van der Waals surface area contributed by atoms with Crippen LogP contribution in [0.1, 0.15) is 27.2 Å². The summed E-state index contributed by atoms with van der Waals surface area (Å²) in [4.78, 5) is 15.7. The Balaban J connectivity index is 2.59. The van der Waals surface area contributed by atoms with Crippen molar-refractivity contribution in [3.63, 3.8) is 0 Å². The van der Waals surface area contributed by atoms with Crippen molar-refractivity contribution in [1.29, 1.82) is 0 Å². The predicted molar refractivity (Wildman–Crippen MR) is 64.6 cm³/mol. The average molecular weight is 271 g/mol. The number of rotatable bonds is 2. The molecule has 0 aliphatic carbocycles. The van der Waals surface area contributed by atoms with Crippen molar-refractivity contribution in [1.82, 2.24) is 4.98 Å². The Bertz CT molecular complexity index is 358. The van der Waals surface area contributed by atoms with Gasteiger partial charge in [0.15, 0.2) is 0 Å². The van der Waals surface area contributed by atoms with Crippen molar-refractivity contribution >= 4 is 27.7 Å². The van der Waals surface area contributed by atoms with Gasteiger partial charge in [0, 0.05) is 6.42 Å². The van der Waals surface area contributed by atoms with E-state index < -0.39 is 0 Å². The molecule has 0 saturated carbocycles. The highest BCUT2D eigenvalue weighted by molar-refractivity contribution is 9.10. The van der Waals surface area contributed by atoms with E-state index in [1.807, 2.05) is 32.9 Å². The molecule has 1 heterocycles. The molecule has 3 nitrogen and oxygen atoms in total. The van der Waals surface area contributed by atoms with Gasteiger partial charge in [-0.15, -0.1) is 0 Å². The van der Waals surface area contributed by atoms with Crippen LogP contribution in [0.2, 0.25) is 0 Å². The number of carbonyl (C=O) groups is 1. The smallest absolute Gasteiger partial charge is 0.226 e. The molecule has 1 N–H and O–H groups in total. The third kappa shape index (κ3) is 4.93. The number of nitrogens with zero attached hydrogens (tertiary/aromatic N) is 1. The second-order valence-corrected chi connectivity index (χ2v) is 5.44. The van der Waals surface area contributed by atoms with Crippen molar-refractivity contribution < 1.29 is 4.79 Å². The van der Waals surface area contributed by atoms with Crippen LogP contribution in [0.15, 0.2) is 22.8 Å². The standard InChI is InChI=1S/C11H15BrN2O/c1-11(2,3)7-10(15)14-9-6-4-5-8(12)13-9/h4-6H,7H2,1-3H3,(H,13,14,15). The number of nitrogens with one attached hydrogen (secondary N) is 1. The number of halogens is 1. The van der Waals surface area contributed by atoms with E-state index in [4.69, 9.17) is 0 Å². The van der Waals surface area contributed by atoms with Gasteiger partial charge < -0.3 is 5.32 Å². The molecular formula is C11H15BrN2O. The van der Waals surface area contributed by atoms with E-state index in [2.05, 4.69) is 26.2 Å². The van der Waals surface area contributed by atoms with E-state index in [1.165, 1.54) is 0 Å². The maximum atomic E-state index is 11.6. The minimum atomic E-state index is -0.00639. The third-order valence-corrected chi connectivity index (χ3v) is 2.12. The van der Waals surface area contributed by atoms with E-state index in [0.29, 0.717) is 12.2 Å². The van der Waals surface area contributed by atoms with Gasteiger partial charge in [0.2, 0.25) is 5.91 Å². The Morgan fingerprint density at radius 1 is 1.47 bits per heavy atom. The summed E-state index contributed by atoms with van der Waals surface area (Å²) in [7, 11) is 0. The van der Waals surface area contributed by atoms with Gasteiger partial charge in [-0.25, -0.2) is 4.98 Å². The summed E-state index contributed by atoms with van der Waals surface area (Å²) < 4.78 is 0.719. The van der Waals surface area contributed by atoms with Crippen LogP contribution in [0.3, 0.4) is 0 Å². The molecule has 1 rings (SSSR count). The number of hydrogen-bond acceptors (Lipinski definition) is 2. The molecule has 0 aliphatic rings. The molecule has 1 amide bonds. The molecule has 0 fully saturated rings. The lowest BCUT2D eigenvalue weighted by atomic mass is 9.92. The van der Waals surface area contributed by atoms with E-state index in [-0.39, 0.29) is 11.3 Å². The lowest BCUT2D eigenvalue weighted by Crippen LogP contribution is -2.20. The van der Waals surface area contributed by atoms with Gasteiger partial charge in [-0.2, -0.15) is 0 Å². The molecule has 0 atom stereocenters. The van der Waals surface area contributed by atoms with Crippen LogP contribution >= 0.6 is 15.9 Å².